The van der Waals surface area contributed by atoms with Crippen LogP contribution in [-0.4, -0.2) is 16.6 Å². The molecule has 102 valence electrons. The Morgan fingerprint density at radius 2 is 2.11 bits per heavy atom. The van der Waals surface area contributed by atoms with E-state index < -0.39 is 18.0 Å². The Labute approximate surface area is 111 Å². The molecular formula is C12H11F3N2OS. The number of thiophene rings is 1. The molecule has 0 aromatic carbocycles. The zero-order valence-electron chi connectivity index (χ0n) is 9.69. The van der Waals surface area contributed by atoms with Crippen molar-refractivity contribution in [3.8, 4) is 0 Å². The molecular weight excluding hydrogens is 277 g/mol. The van der Waals surface area contributed by atoms with Crippen molar-refractivity contribution in [1.82, 2.24) is 4.98 Å². The van der Waals surface area contributed by atoms with Gasteiger partial charge in [0.25, 0.3) is 0 Å². The number of aliphatic hydroxyl groups excluding tert-OH is 1. The van der Waals surface area contributed by atoms with E-state index in [1.165, 1.54) is 23.5 Å². The fourth-order valence-electron chi connectivity index (χ4n) is 1.47. The van der Waals surface area contributed by atoms with Crippen LogP contribution >= 0.6 is 11.3 Å². The number of halogens is 3. The van der Waals surface area contributed by atoms with E-state index in [1.54, 1.807) is 11.4 Å². The number of nitrogens with one attached hydrogen (secondary N) is 1. The lowest BCUT2D eigenvalue weighted by atomic mass is 10.2. The van der Waals surface area contributed by atoms with Crippen molar-refractivity contribution in [3.63, 3.8) is 0 Å². The van der Waals surface area contributed by atoms with Crippen molar-refractivity contribution in [3.05, 3.63) is 46.3 Å². The van der Waals surface area contributed by atoms with E-state index in [0.717, 1.165) is 11.6 Å². The molecule has 2 aromatic heterocycles. The van der Waals surface area contributed by atoms with Gasteiger partial charge in [0.05, 0.1) is 6.10 Å². The van der Waals surface area contributed by atoms with Crippen molar-refractivity contribution in [2.75, 3.05) is 11.9 Å². The molecule has 0 aliphatic heterocycles. The molecule has 2 heterocycles. The third kappa shape index (κ3) is 3.68. The van der Waals surface area contributed by atoms with Crippen LogP contribution in [0.3, 0.4) is 0 Å². The number of hydrogen-bond donors (Lipinski definition) is 2. The lowest BCUT2D eigenvalue weighted by molar-refractivity contribution is -0.141. The summed E-state index contributed by atoms with van der Waals surface area (Å²) in [5, 5.41) is 16.1. The van der Waals surface area contributed by atoms with Crippen molar-refractivity contribution < 1.29 is 18.3 Å². The molecule has 0 spiro atoms. The molecule has 2 N–H and O–H groups in total. The molecule has 0 saturated carbocycles. The van der Waals surface area contributed by atoms with Gasteiger partial charge in [-0.25, -0.2) is 4.98 Å². The van der Waals surface area contributed by atoms with Crippen LogP contribution in [0.1, 0.15) is 17.4 Å². The molecule has 7 heteroatoms. The average Bonchev–Trinajstić information content (AvgIpc) is 2.89. The van der Waals surface area contributed by atoms with Gasteiger partial charge >= 0.3 is 6.18 Å². The summed E-state index contributed by atoms with van der Waals surface area (Å²) in [4.78, 5) is 3.45. The first-order valence-corrected chi connectivity index (χ1v) is 6.39. The number of aromatic nitrogens is 1. The number of rotatable bonds is 4. The molecule has 0 bridgehead atoms. The van der Waals surface area contributed by atoms with Gasteiger partial charge in [0.1, 0.15) is 11.5 Å². The zero-order chi connectivity index (χ0) is 13.9. The summed E-state index contributed by atoms with van der Waals surface area (Å²) in [6.07, 6.45) is -5.24. The average molecular weight is 288 g/mol. The summed E-state index contributed by atoms with van der Waals surface area (Å²) < 4.78 is 37.4. The van der Waals surface area contributed by atoms with Gasteiger partial charge in [0.2, 0.25) is 0 Å². The minimum atomic E-state index is -4.47. The van der Waals surface area contributed by atoms with Gasteiger partial charge in [-0.3, -0.25) is 0 Å². The fraction of sp³-hybridized carbons (Fsp3) is 0.250. The first-order chi connectivity index (χ1) is 8.97. The molecule has 0 radical (unpaired) electrons. The summed E-state index contributed by atoms with van der Waals surface area (Å²) in [7, 11) is 0. The maximum atomic E-state index is 12.5. The largest absolute Gasteiger partial charge is 0.433 e. The highest BCUT2D eigenvalue weighted by atomic mass is 32.1. The summed E-state index contributed by atoms with van der Waals surface area (Å²) in [5.41, 5.74) is -0.230. The zero-order valence-corrected chi connectivity index (χ0v) is 10.5. The molecule has 2 aromatic rings. The van der Waals surface area contributed by atoms with Crippen molar-refractivity contribution in [2.24, 2.45) is 0 Å². The number of pyridine rings is 1. The molecule has 2 rings (SSSR count). The van der Waals surface area contributed by atoms with Crippen molar-refractivity contribution >= 4 is 17.2 Å². The van der Waals surface area contributed by atoms with Crippen LogP contribution in [0.15, 0.2) is 35.0 Å². The minimum absolute atomic E-state index is 0.0871. The van der Waals surface area contributed by atoms with E-state index in [4.69, 9.17) is 0 Å². The monoisotopic (exact) mass is 288 g/mol. The molecule has 0 amide bonds. The topological polar surface area (TPSA) is 45.1 Å². The number of nitrogens with zero attached hydrogens (tertiary/aromatic N) is 1. The predicted octanol–water partition coefficient (Wildman–Crippen LogP) is 3.31. The van der Waals surface area contributed by atoms with Gasteiger partial charge in [0.15, 0.2) is 0 Å². The van der Waals surface area contributed by atoms with Crippen LogP contribution in [0.5, 0.6) is 0 Å². The number of aliphatic hydroxyl groups is 1. The second-order valence-corrected chi connectivity index (χ2v) is 4.64. The normalized spacial score (nSPS) is 13.3. The Kier molecular flexibility index (Phi) is 4.06. The third-order valence-corrected chi connectivity index (χ3v) is 3.15. The van der Waals surface area contributed by atoms with E-state index >= 15 is 0 Å². The maximum Gasteiger partial charge on any atom is 0.433 e. The van der Waals surface area contributed by atoms with Crippen LogP contribution in [0.4, 0.5) is 19.0 Å². The molecule has 0 unspecified atom stereocenters. The number of alkyl halides is 3. The lowest BCUT2D eigenvalue weighted by Gasteiger charge is -2.12. The fourth-order valence-corrected chi connectivity index (χ4v) is 2.18. The highest BCUT2D eigenvalue weighted by Gasteiger charge is 2.32. The van der Waals surface area contributed by atoms with Crippen LogP contribution in [0, 0.1) is 0 Å². The molecule has 0 saturated heterocycles. The van der Waals surface area contributed by atoms with Gasteiger partial charge in [-0.2, -0.15) is 24.5 Å². The summed E-state index contributed by atoms with van der Waals surface area (Å²) in [5.74, 6) is 0.0871. The third-order valence-electron chi connectivity index (χ3n) is 2.44. The predicted molar refractivity (Wildman–Crippen MR) is 67.0 cm³/mol. The number of hydrogen-bond acceptors (Lipinski definition) is 4. The second kappa shape index (κ2) is 5.58. The molecule has 3 nitrogen and oxygen atoms in total. The smallest absolute Gasteiger partial charge is 0.387 e. The minimum Gasteiger partial charge on any atom is -0.387 e. The van der Waals surface area contributed by atoms with E-state index in [0.29, 0.717) is 0 Å². The Bertz CT molecular complexity index is 528. The number of anilines is 1. The van der Waals surface area contributed by atoms with E-state index in [9.17, 15) is 18.3 Å². The van der Waals surface area contributed by atoms with Gasteiger partial charge in [-0.15, -0.1) is 0 Å². The Morgan fingerprint density at radius 3 is 2.74 bits per heavy atom. The molecule has 1 atom stereocenters. The summed E-state index contributed by atoms with van der Waals surface area (Å²) in [6, 6.07) is 5.36. The SMILES string of the molecule is O[C@@H](CNc1cccc(C(F)(F)F)n1)c1ccsc1. The standard InChI is InChI=1S/C12H11F3N2OS/c13-12(14,15)10-2-1-3-11(17-10)16-6-9(18)8-4-5-19-7-8/h1-5,7,9,18H,6H2,(H,16,17)/t9-/m0/s1. The molecule has 19 heavy (non-hydrogen) atoms. The van der Waals surface area contributed by atoms with Crippen molar-refractivity contribution in [1.29, 1.82) is 0 Å². The maximum absolute atomic E-state index is 12.5. The second-order valence-electron chi connectivity index (χ2n) is 3.86. The van der Waals surface area contributed by atoms with Crippen molar-refractivity contribution in [2.45, 2.75) is 12.3 Å². The summed E-state index contributed by atoms with van der Waals surface area (Å²) >= 11 is 1.44. The quantitative estimate of drug-likeness (QED) is 0.907. The molecule has 0 aliphatic carbocycles. The Morgan fingerprint density at radius 1 is 1.32 bits per heavy atom. The first-order valence-electron chi connectivity index (χ1n) is 5.45. The lowest BCUT2D eigenvalue weighted by Crippen LogP contribution is -2.14. The van der Waals surface area contributed by atoms with E-state index in [1.807, 2.05) is 5.38 Å². The van der Waals surface area contributed by atoms with Gasteiger partial charge < -0.3 is 10.4 Å². The Balaban J connectivity index is 2.00. The van der Waals surface area contributed by atoms with Gasteiger partial charge in [-0.05, 0) is 34.5 Å². The van der Waals surface area contributed by atoms with Crippen LogP contribution in [0.25, 0.3) is 0 Å². The molecule has 0 fully saturated rings. The van der Waals surface area contributed by atoms with E-state index in [2.05, 4.69) is 10.3 Å². The molecule has 0 aliphatic rings. The first kappa shape index (κ1) is 13.8. The highest BCUT2D eigenvalue weighted by molar-refractivity contribution is 7.07. The highest BCUT2D eigenvalue weighted by Crippen LogP contribution is 2.28. The Hall–Kier alpha value is -1.60. The van der Waals surface area contributed by atoms with Gasteiger partial charge in [0, 0.05) is 6.54 Å². The van der Waals surface area contributed by atoms with Crippen LogP contribution in [0.2, 0.25) is 0 Å². The van der Waals surface area contributed by atoms with E-state index in [-0.39, 0.29) is 12.4 Å². The van der Waals surface area contributed by atoms with Crippen LogP contribution < -0.4 is 5.32 Å². The summed E-state index contributed by atoms with van der Waals surface area (Å²) in [6.45, 7) is 0.102. The van der Waals surface area contributed by atoms with Crippen LogP contribution in [-0.2, 0) is 6.18 Å². The van der Waals surface area contributed by atoms with Gasteiger partial charge in [-0.1, -0.05) is 6.07 Å².